The van der Waals surface area contributed by atoms with E-state index in [0.29, 0.717) is 12.8 Å². The second kappa shape index (κ2) is 6.98. The number of hydrogen-bond donors (Lipinski definition) is 2. The van der Waals surface area contributed by atoms with Gasteiger partial charge >= 0.3 is 0 Å². The predicted octanol–water partition coefficient (Wildman–Crippen LogP) is 1.77. The average Bonchev–Trinajstić information content (AvgIpc) is 2.44. The van der Waals surface area contributed by atoms with Crippen LogP contribution in [0.3, 0.4) is 0 Å². The van der Waals surface area contributed by atoms with Crippen LogP contribution in [0, 0.1) is 22.6 Å². The lowest BCUT2D eigenvalue weighted by molar-refractivity contribution is 0.148. The molecule has 0 aliphatic carbocycles. The Bertz CT molecular complexity index is 636. The first-order chi connectivity index (χ1) is 9.72. The Morgan fingerprint density at radius 2 is 2.10 bits per heavy atom. The van der Waals surface area contributed by atoms with Crippen LogP contribution in [0.5, 0.6) is 0 Å². The van der Waals surface area contributed by atoms with Crippen LogP contribution < -0.4 is 4.72 Å². The molecule has 0 radical (unpaired) electrons. The van der Waals surface area contributed by atoms with Crippen LogP contribution in [0.4, 0.5) is 4.39 Å². The van der Waals surface area contributed by atoms with Crippen LogP contribution in [0.15, 0.2) is 23.1 Å². The zero-order valence-corrected chi connectivity index (χ0v) is 12.9. The molecule has 1 rings (SSSR count). The molecule has 2 N–H and O–H groups in total. The second-order valence-electron chi connectivity index (χ2n) is 5.58. The van der Waals surface area contributed by atoms with Gasteiger partial charge in [-0.3, -0.25) is 0 Å². The topological polar surface area (TPSA) is 90.2 Å². The highest BCUT2D eigenvalue weighted by Crippen LogP contribution is 2.21. The number of hydrogen-bond acceptors (Lipinski definition) is 4. The minimum Gasteiger partial charge on any atom is -0.396 e. The number of aliphatic hydroxyl groups excluding tert-OH is 1. The van der Waals surface area contributed by atoms with E-state index in [1.54, 1.807) is 6.07 Å². The molecule has 116 valence electrons. The molecule has 0 amide bonds. The van der Waals surface area contributed by atoms with Crippen LogP contribution in [0.2, 0.25) is 0 Å². The predicted molar refractivity (Wildman–Crippen MR) is 76.4 cm³/mol. The molecule has 1 aromatic carbocycles. The summed E-state index contributed by atoms with van der Waals surface area (Å²) in [6.07, 6.45) is 1.23. The van der Waals surface area contributed by atoms with Gasteiger partial charge in [-0.25, -0.2) is 17.5 Å². The van der Waals surface area contributed by atoms with Gasteiger partial charge in [-0.05, 0) is 36.5 Å². The first kappa shape index (κ1) is 17.6. The minimum atomic E-state index is -3.76. The SMILES string of the molecule is CC(C)(CO)CCCNS(=O)(=O)c1ccc(F)c(C#N)c1. The highest BCUT2D eigenvalue weighted by Gasteiger charge is 2.18. The molecule has 0 aromatic heterocycles. The molecule has 21 heavy (non-hydrogen) atoms. The van der Waals surface area contributed by atoms with E-state index in [0.717, 1.165) is 18.2 Å². The fourth-order valence-corrected chi connectivity index (χ4v) is 2.79. The molecule has 0 unspecified atom stereocenters. The number of halogens is 1. The normalized spacial score (nSPS) is 12.1. The Morgan fingerprint density at radius 1 is 1.43 bits per heavy atom. The third kappa shape index (κ3) is 5.08. The van der Waals surface area contributed by atoms with Gasteiger partial charge in [0.2, 0.25) is 10.0 Å². The van der Waals surface area contributed by atoms with Crippen molar-refractivity contribution < 1.29 is 17.9 Å². The largest absolute Gasteiger partial charge is 0.396 e. The molecule has 0 saturated carbocycles. The molecular weight excluding hydrogens is 295 g/mol. The van der Waals surface area contributed by atoms with E-state index in [-0.39, 0.29) is 29.0 Å². The fraction of sp³-hybridized carbons (Fsp3) is 0.500. The van der Waals surface area contributed by atoms with E-state index in [1.165, 1.54) is 0 Å². The average molecular weight is 314 g/mol. The van der Waals surface area contributed by atoms with Crippen LogP contribution in [-0.4, -0.2) is 26.7 Å². The first-order valence-corrected chi connectivity index (χ1v) is 8.00. The molecular formula is C14H19FN2O3S. The number of nitrogens with zero attached hydrogens (tertiary/aromatic N) is 1. The molecule has 0 saturated heterocycles. The Morgan fingerprint density at radius 3 is 2.67 bits per heavy atom. The summed E-state index contributed by atoms with van der Waals surface area (Å²) in [6.45, 7) is 4.02. The number of nitrogens with one attached hydrogen (secondary N) is 1. The lowest BCUT2D eigenvalue weighted by atomic mass is 9.89. The van der Waals surface area contributed by atoms with Crippen molar-refractivity contribution in [3.8, 4) is 6.07 Å². The maximum Gasteiger partial charge on any atom is 0.240 e. The molecule has 7 heteroatoms. The maximum atomic E-state index is 13.2. The van der Waals surface area contributed by atoms with Crippen LogP contribution in [0.25, 0.3) is 0 Å². The summed E-state index contributed by atoms with van der Waals surface area (Å²) < 4.78 is 39.6. The zero-order valence-electron chi connectivity index (χ0n) is 12.1. The van der Waals surface area contributed by atoms with E-state index < -0.39 is 15.8 Å². The van der Waals surface area contributed by atoms with E-state index in [2.05, 4.69) is 4.72 Å². The lowest BCUT2D eigenvalue weighted by Gasteiger charge is -2.21. The van der Waals surface area contributed by atoms with E-state index >= 15 is 0 Å². The lowest BCUT2D eigenvalue weighted by Crippen LogP contribution is -2.26. The van der Waals surface area contributed by atoms with Gasteiger partial charge < -0.3 is 5.11 Å². The van der Waals surface area contributed by atoms with Gasteiger partial charge in [-0.15, -0.1) is 0 Å². The third-order valence-corrected chi connectivity index (χ3v) is 4.58. The number of sulfonamides is 1. The summed E-state index contributed by atoms with van der Waals surface area (Å²) >= 11 is 0. The molecule has 0 aliphatic heterocycles. The van der Waals surface area contributed by atoms with E-state index in [4.69, 9.17) is 10.4 Å². The smallest absolute Gasteiger partial charge is 0.240 e. The quantitative estimate of drug-likeness (QED) is 0.751. The van der Waals surface area contributed by atoms with Crippen LogP contribution in [-0.2, 0) is 10.0 Å². The van der Waals surface area contributed by atoms with Crippen molar-refractivity contribution in [2.75, 3.05) is 13.2 Å². The summed E-state index contributed by atoms with van der Waals surface area (Å²) in [5.74, 6) is -0.749. The summed E-state index contributed by atoms with van der Waals surface area (Å²) in [4.78, 5) is -0.137. The Hall–Kier alpha value is -1.49. The number of nitriles is 1. The number of benzene rings is 1. The number of aliphatic hydroxyl groups is 1. The standard InChI is InChI=1S/C14H19FN2O3S/c1-14(2,10-18)6-3-7-17-21(19,20)12-4-5-13(15)11(8-12)9-16/h4-5,8,17-18H,3,6-7,10H2,1-2H3. The van der Waals surface area contributed by atoms with Crippen molar-refractivity contribution in [3.63, 3.8) is 0 Å². The molecule has 0 atom stereocenters. The van der Waals surface area contributed by atoms with Crippen molar-refractivity contribution in [2.45, 2.75) is 31.6 Å². The summed E-state index contributed by atoms with van der Waals surface area (Å²) in [5, 5.41) is 17.8. The van der Waals surface area contributed by atoms with Gasteiger partial charge in [0.25, 0.3) is 0 Å². The van der Waals surface area contributed by atoms with Gasteiger partial charge in [0.05, 0.1) is 10.5 Å². The van der Waals surface area contributed by atoms with Gasteiger partial charge in [0.1, 0.15) is 11.9 Å². The van der Waals surface area contributed by atoms with Gasteiger partial charge in [0, 0.05) is 13.2 Å². The van der Waals surface area contributed by atoms with Gasteiger partial charge in [-0.2, -0.15) is 5.26 Å². The highest BCUT2D eigenvalue weighted by molar-refractivity contribution is 7.89. The summed E-state index contributed by atoms with van der Waals surface area (Å²) in [6, 6.07) is 4.70. The molecule has 0 bridgehead atoms. The van der Waals surface area contributed by atoms with E-state index in [9.17, 15) is 12.8 Å². The molecule has 0 heterocycles. The highest BCUT2D eigenvalue weighted by atomic mass is 32.2. The van der Waals surface area contributed by atoms with Crippen molar-refractivity contribution >= 4 is 10.0 Å². The van der Waals surface area contributed by atoms with Crippen molar-refractivity contribution in [3.05, 3.63) is 29.6 Å². The van der Waals surface area contributed by atoms with Crippen LogP contribution >= 0.6 is 0 Å². The van der Waals surface area contributed by atoms with Gasteiger partial charge in [0.15, 0.2) is 0 Å². The third-order valence-electron chi connectivity index (χ3n) is 3.12. The van der Waals surface area contributed by atoms with E-state index in [1.807, 2.05) is 13.8 Å². The summed E-state index contributed by atoms with van der Waals surface area (Å²) in [7, 11) is -3.76. The molecule has 5 nitrogen and oxygen atoms in total. The Labute approximate surface area is 124 Å². The zero-order chi connectivity index (χ0) is 16.1. The monoisotopic (exact) mass is 314 g/mol. The molecule has 0 fully saturated rings. The summed E-state index contributed by atoms with van der Waals surface area (Å²) in [5.41, 5.74) is -0.561. The van der Waals surface area contributed by atoms with Crippen LogP contribution in [0.1, 0.15) is 32.3 Å². The second-order valence-corrected chi connectivity index (χ2v) is 7.34. The van der Waals surface area contributed by atoms with Gasteiger partial charge in [-0.1, -0.05) is 13.8 Å². The molecule has 0 spiro atoms. The molecule has 0 aliphatic rings. The first-order valence-electron chi connectivity index (χ1n) is 6.52. The fourth-order valence-electron chi connectivity index (χ4n) is 1.69. The minimum absolute atomic E-state index is 0.0310. The van der Waals surface area contributed by atoms with Crippen molar-refractivity contribution in [2.24, 2.45) is 5.41 Å². The maximum absolute atomic E-state index is 13.2. The molecule has 1 aromatic rings. The van der Waals surface area contributed by atoms with Crippen molar-refractivity contribution in [1.29, 1.82) is 5.26 Å². The Balaban J connectivity index is 2.69. The van der Waals surface area contributed by atoms with Crippen molar-refractivity contribution in [1.82, 2.24) is 4.72 Å². The number of rotatable bonds is 7. The Kier molecular flexibility index (Phi) is 5.84.